The van der Waals surface area contributed by atoms with Crippen molar-refractivity contribution in [3.63, 3.8) is 0 Å². The van der Waals surface area contributed by atoms with E-state index in [2.05, 4.69) is 10.3 Å². The Morgan fingerprint density at radius 2 is 2.38 bits per heavy atom. The van der Waals surface area contributed by atoms with E-state index in [4.69, 9.17) is 26.8 Å². The van der Waals surface area contributed by atoms with E-state index >= 15 is 0 Å². The maximum absolute atomic E-state index is 5.91. The van der Waals surface area contributed by atoms with Crippen LogP contribution < -0.4 is 15.8 Å². The summed E-state index contributed by atoms with van der Waals surface area (Å²) in [6.07, 6.45) is 2.44. The van der Waals surface area contributed by atoms with E-state index in [0.717, 1.165) is 25.0 Å². The molecule has 0 amide bonds. The normalized spacial score (nSPS) is 18.2. The summed E-state index contributed by atoms with van der Waals surface area (Å²) in [5.74, 6) is 1.13. The molecule has 118 valence electrons. The number of methoxy groups -OCH3 is 1. The average Bonchev–Trinajstić information content (AvgIpc) is 2.97. The molecule has 1 saturated heterocycles. The molecular formula is C14H21ClIN3O2. The molecule has 1 atom stereocenters. The second-order valence-corrected chi connectivity index (χ2v) is 5.11. The number of ether oxygens (including phenoxy) is 2. The summed E-state index contributed by atoms with van der Waals surface area (Å²) in [4.78, 5) is 4.30. The van der Waals surface area contributed by atoms with Crippen LogP contribution in [0.4, 0.5) is 0 Å². The topological polar surface area (TPSA) is 68.9 Å². The van der Waals surface area contributed by atoms with E-state index in [1.807, 2.05) is 12.1 Å². The first-order valence-electron chi connectivity index (χ1n) is 6.67. The molecule has 1 unspecified atom stereocenters. The van der Waals surface area contributed by atoms with Crippen molar-refractivity contribution < 1.29 is 9.47 Å². The van der Waals surface area contributed by atoms with Gasteiger partial charge in [-0.25, -0.2) is 4.99 Å². The van der Waals surface area contributed by atoms with Crippen molar-refractivity contribution >= 4 is 41.5 Å². The molecule has 0 spiro atoms. The fourth-order valence-corrected chi connectivity index (χ4v) is 2.26. The summed E-state index contributed by atoms with van der Waals surface area (Å²) in [6, 6.07) is 5.46. The summed E-state index contributed by atoms with van der Waals surface area (Å²) in [5, 5.41) is 3.72. The third-order valence-corrected chi connectivity index (χ3v) is 3.44. The number of nitrogens with one attached hydrogen (secondary N) is 1. The van der Waals surface area contributed by atoms with Crippen LogP contribution in [0.1, 0.15) is 18.4 Å². The van der Waals surface area contributed by atoms with Crippen molar-refractivity contribution in [2.75, 3.05) is 20.3 Å². The number of rotatable bonds is 5. The molecular weight excluding hydrogens is 405 g/mol. The zero-order valence-electron chi connectivity index (χ0n) is 12.0. The van der Waals surface area contributed by atoms with Gasteiger partial charge in [-0.1, -0.05) is 17.7 Å². The Balaban J connectivity index is 0.00000220. The number of hydrogen-bond acceptors (Lipinski definition) is 3. The highest BCUT2D eigenvalue weighted by Crippen LogP contribution is 2.23. The minimum atomic E-state index is 0. The monoisotopic (exact) mass is 425 g/mol. The Hall–Kier alpha value is -0.730. The van der Waals surface area contributed by atoms with E-state index < -0.39 is 0 Å². The van der Waals surface area contributed by atoms with Crippen LogP contribution in [0, 0.1) is 0 Å². The largest absolute Gasteiger partial charge is 0.496 e. The summed E-state index contributed by atoms with van der Waals surface area (Å²) in [7, 11) is 1.61. The predicted molar refractivity (Wildman–Crippen MR) is 95.7 cm³/mol. The quantitative estimate of drug-likeness (QED) is 0.432. The van der Waals surface area contributed by atoms with Crippen LogP contribution in [0.3, 0.4) is 0 Å². The maximum Gasteiger partial charge on any atom is 0.189 e. The standard InChI is InChI=1S/C14H20ClN3O2.HI/c1-19-13-7-11(15)5-4-10(13)8-17-14(16)18-9-12-3-2-6-20-12;/h4-5,7,12H,2-3,6,8-9H2,1H3,(H3,16,17,18);1H. The average molecular weight is 426 g/mol. The van der Waals surface area contributed by atoms with Gasteiger partial charge in [-0.05, 0) is 25.0 Å². The van der Waals surface area contributed by atoms with Gasteiger partial charge in [-0.15, -0.1) is 24.0 Å². The van der Waals surface area contributed by atoms with E-state index in [0.29, 0.717) is 29.8 Å². The Morgan fingerprint density at radius 1 is 1.57 bits per heavy atom. The van der Waals surface area contributed by atoms with E-state index in [9.17, 15) is 0 Å². The molecule has 0 aromatic heterocycles. The van der Waals surface area contributed by atoms with Crippen molar-refractivity contribution in [3.05, 3.63) is 28.8 Å². The second-order valence-electron chi connectivity index (χ2n) is 4.67. The first-order chi connectivity index (χ1) is 9.69. The first-order valence-corrected chi connectivity index (χ1v) is 7.04. The molecule has 3 N–H and O–H groups in total. The maximum atomic E-state index is 5.91. The third-order valence-electron chi connectivity index (χ3n) is 3.20. The second kappa shape index (κ2) is 9.32. The molecule has 1 heterocycles. The van der Waals surface area contributed by atoms with E-state index in [1.165, 1.54) is 0 Å². The highest BCUT2D eigenvalue weighted by molar-refractivity contribution is 14.0. The molecule has 5 nitrogen and oxygen atoms in total. The summed E-state index contributed by atoms with van der Waals surface area (Å²) >= 11 is 5.91. The molecule has 1 fully saturated rings. The molecule has 1 aromatic rings. The van der Waals surface area contributed by atoms with Gasteiger partial charge >= 0.3 is 0 Å². The molecule has 1 aliphatic heterocycles. The smallest absolute Gasteiger partial charge is 0.189 e. The Labute approximate surface area is 147 Å². The van der Waals surface area contributed by atoms with Crippen molar-refractivity contribution in [1.82, 2.24) is 5.32 Å². The molecule has 0 radical (unpaired) electrons. The van der Waals surface area contributed by atoms with E-state index in [-0.39, 0.29) is 30.1 Å². The molecule has 0 bridgehead atoms. The van der Waals surface area contributed by atoms with Gasteiger partial charge in [-0.2, -0.15) is 0 Å². The van der Waals surface area contributed by atoms with Gasteiger partial charge in [0.1, 0.15) is 5.75 Å². The number of nitrogens with zero attached hydrogens (tertiary/aromatic N) is 1. The van der Waals surface area contributed by atoms with Crippen LogP contribution in [0.2, 0.25) is 5.02 Å². The lowest BCUT2D eigenvalue weighted by atomic mass is 10.2. The number of hydrogen-bond donors (Lipinski definition) is 2. The van der Waals surface area contributed by atoms with Gasteiger partial charge in [0.2, 0.25) is 0 Å². The number of nitrogens with two attached hydrogens (primary N) is 1. The lowest BCUT2D eigenvalue weighted by Crippen LogP contribution is -2.37. The van der Waals surface area contributed by atoms with Crippen LogP contribution in [-0.2, 0) is 11.3 Å². The van der Waals surface area contributed by atoms with Gasteiger partial charge in [0.05, 0.1) is 19.8 Å². The Bertz CT molecular complexity index is 479. The zero-order valence-corrected chi connectivity index (χ0v) is 15.1. The van der Waals surface area contributed by atoms with Crippen LogP contribution in [0.5, 0.6) is 5.75 Å². The SMILES string of the molecule is COc1cc(Cl)ccc1CN=C(N)NCC1CCCO1.I. The zero-order chi connectivity index (χ0) is 14.4. The van der Waals surface area contributed by atoms with Crippen LogP contribution >= 0.6 is 35.6 Å². The molecule has 1 aliphatic rings. The van der Waals surface area contributed by atoms with Gasteiger partial charge in [0.25, 0.3) is 0 Å². The number of halogens is 2. The summed E-state index contributed by atoms with van der Waals surface area (Å²) in [5.41, 5.74) is 6.78. The van der Waals surface area contributed by atoms with Crippen molar-refractivity contribution in [3.8, 4) is 5.75 Å². The Kier molecular flexibility index (Phi) is 8.13. The predicted octanol–water partition coefficient (Wildman–Crippen LogP) is 2.55. The van der Waals surface area contributed by atoms with Crippen molar-refractivity contribution in [1.29, 1.82) is 0 Å². The van der Waals surface area contributed by atoms with Crippen molar-refractivity contribution in [2.24, 2.45) is 10.7 Å². The third kappa shape index (κ3) is 5.88. The van der Waals surface area contributed by atoms with Crippen LogP contribution in [0.25, 0.3) is 0 Å². The lowest BCUT2D eigenvalue weighted by molar-refractivity contribution is 0.114. The number of guanidine groups is 1. The minimum Gasteiger partial charge on any atom is -0.496 e. The number of aliphatic imine (C=N–C) groups is 1. The lowest BCUT2D eigenvalue weighted by Gasteiger charge is -2.11. The van der Waals surface area contributed by atoms with E-state index in [1.54, 1.807) is 13.2 Å². The van der Waals surface area contributed by atoms with Gasteiger partial charge < -0.3 is 20.5 Å². The highest BCUT2D eigenvalue weighted by atomic mass is 127. The molecule has 2 rings (SSSR count). The Morgan fingerprint density at radius 3 is 3.05 bits per heavy atom. The molecule has 1 aromatic carbocycles. The highest BCUT2D eigenvalue weighted by Gasteiger charge is 2.14. The molecule has 0 aliphatic carbocycles. The van der Waals surface area contributed by atoms with Crippen LogP contribution in [0.15, 0.2) is 23.2 Å². The first kappa shape index (κ1) is 18.3. The summed E-state index contributed by atoms with van der Waals surface area (Å²) in [6.45, 7) is 1.99. The fourth-order valence-electron chi connectivity index (χ4n) is 2.10. The van der Waals surface area contributed by atoms with Gasteiger partial charge in [0.15, 0.2) is 5.96 Å². The molecule has 7 heteroatoms. The minimum absolute atomic E-state index is 0. The van der Waals surface area contributed by atoms with Gasteiger partial charge in [-0.3, -0.25) is 0 Å². The fraction of sp³-hybridized carbons (Fsp3) is 0.500. The van der Waals surface area contributed by atoms with Gasteiger partial charge in [0, 0.05) is 23.7 Å². The number of benzene rings is 1. The molecule has 0 saturated carbocycles. The van der Waals surface area contributed by atoms with Crippen molar-refractivity contribution in [2.45, 2.75) is 25.5 Å². The summed E-state index contributed by atoms with van der Waals surface area (Å²) < 4.78 is 10.8. The molecule has 21 heavy (non-hydrogen) atoms. The van der Waals surface area contributed by atoms with Crippen LogP contribution in [-0.4, -0.2) is 32.3 Å².